The molecule has 0 atom stereocenters. The monoisotopic (exact) mass is 470 g/mol. The lowest BCUT2D eigenvalue weighted by Gasteiger charge is -2.07. The zero-order chi connectivity index (χ0) is 23.5. The Kier molecular flexibility index (Phi) is 6.05. The average Bonchev–Trinajstić information content (AvgIpc) is 3.45. The second-order valence-corrected chi connectivity index (χ2v) is 8.60. The first-order valence-corrected chi connectivity index (χ1v) is 11.8. The predicted molar refractivity (Wildman–Crippen MR) is 134 cm³/mol. The van der Waals surface area contributed by atoms with Gasteiger partial charge in [0.05, 0.1) is 17.8 Å². The number of aryl methyl sites for hydroxylation is 1. The summed E-state index contributed by atoms with van der Waals surface area (Å²) in [6.07, 6.45) is 1.70. The van der Waals surface area contributed by atoms with Crippen molar-refractivity contribution in [2.45, 2.75) is 19.9 Å². The van der Waals surface area contributed by atoms with Crippen LogP contribution in [-0.2, 0) is 27.3 Å². The number of carbonyl (C=O) groups is 2. The number of aromatic nitrogens is 3. The maximum Gasteiger partial charge on any atom is 0.312 e. The summed E-state index contributed by atoms with van der Waals surface area (Å²) in [5.74, 6) is -0.895. The van der Waals surface area contributed by atoms with Crippen molar-refractivity contribution >= 4 is 50.7 Å². The van der Waals surface area contributed by atoms with Crippen LogP contribution < -0.4 is 5.32 Å². The van der Waals surface area contributed by atoms with Crippen molar-refractivity contribution in [2.24, 2.45) is 0 Å². The number of amides is 1. The molecule has 0 aliphatic carbocycles. The van der Waals surface area contributed by atoms with E-state index in [0.717, 1.165) is 39.1 Å². The minimum absolute atomic E-state index is 0.000898. The van der Waals surface area contributed by atoms with Crippen molar-refractivity contribution in [1.82, 2.24) is 14.5 Å². The highest BCUT2D eigenvalue weighted by Gasteiger charge is 2.14. The lowest BCUT2D eigenvalue weighted by molar-refractivity contribution is -0.146. The molecule has 3 aromatic heterocycles. The third-order valence-electron chi connectivity index (χ3n) is 5.50. The van der Waals surface area contributed by atoms with Crippen LogP contribution in [0.2, 0.25) is 0 Å². The van der Waals surface area contributed by atoms with Crippen molar-refractivity contribution in [3.63, 3.8) is 0 Å². The van der Waals surface area contributed by atoms with Crippen LogP contribution >= 0.6 is 11.3 Å². The van der Waals surface area contributed by atoms with Crippen LogP contribution in [0.25, 0.3) is 32.5 Å². The molecule has 0 bridgehead atoms. The molecule has 2 aromatic carbocycles. The summed E-state index contributed by atoms with van der Waals surface area (Å²) in [4.78, 5) is 33.3. The van der Waals surface area contributed by atoms with E-state index >= 15 is 0 Å². The molecule has 170 valence electrons. The normalized spacial score (nSPS) is 11.1. The molecule has 3 heterocycles. The molecule has 5 aromatic rings. The molecule has 1 N–H and O–H groups in total. The maximum atomic E-state index is 12.4. The lowest BCUT2D eigenvalue weighted by atomic mass is 10.1. The second kappa shape index (κ2) is 9.44. The molecule has 0 unspecified atom stereocenters. The first-order chi connectivity index (χ1) is 16.6. The number of pyridine rings is 1. The molecule has 0 spiro atoms. The van der Waals surface area contributed by atoms with E-state index in [9.17, 15) is 9.59 Å². The van der Waals surface area contributed by atoms with Gasteiger partial charge in [-0.15, -0.1) is 11.3 Å². The molecule has 0 radical (unpaired) electrons. The predicted octanol–water partition coefficient (Wildman–Crippen LogP) is 5.06. The Morgan fingerprint density at radius 3 is 2.68 bits per heavy atom. The number of hydrogen-bond acceptors (Lipinski definition) is 6. The van der Waals surface area contributed by atoms with E-state index in [1.54, 1.807) is 11.6 Å². The smallest absolute Gasteiger partial charge is 0.312 e. The Bertz CT molecular complexity index is 1490. The highest BCUT2D eigenvalue weighted by molar-refractivity contribution is 7.13. The number of anilines is 1. The first-order valence-electron chi connectivity index (χ1n) is 10.9. The third kappa shape index (κ3) is 4.40. The number of benzene rings is 2. The van der Waals surface area contributed by atoms with Crippen molar-refractivity contribution in [1.29, 1.82) is 0 Å². The summed E-state index contributed by atoms with van der Waals surface area (Å²) in [5, 5.41) is 7.56. The first kappa shape index (κ1) is 21.8. The molecular weight excluding hydrogens is 448 g/mol. The van der Waals surface area contributed by atoms with E-state index in [-0.39, 0.29) is 18.9 Å². The van der Waals surface area contributed by atoms with Gasteiger partial charge < -0.3 is 14.6 Å². The van der Waals surface area contributed by atoms with Crippen LogP contribution in [0, 0.1) is 0 Å². The Labute approximate surface area is 200 Å². The number of carbonyl (C=O) groups excluding carboxylic acids is 2. The molecule has 1 amide bonds. The summed E-state index contributed by atoms with van der Waals surface area (Å²) >= 11 is 1.41. The van der Waals surface area contributed by atoms with E-state index < -0.39 is 5.97 Å². The van der Waals surface area contributed by atoms with Crippen LogP contribution in [0.1, 0.15) is 12.6 Å². The number of thiazole rings is 1. The molecule has 0 saturated heterocycles. The highest BCUT2D eigenvalue weighted by atomic mass is 32.1. The summed E-state index contributed by atoms with van der Waals surface area (Å²) < 4.78 is 7.41. The maximum absolute atomic E-state index is 12.4. The van der Waals surface area contributed by atoms with Crippen LogP contribution in [0.5, 0.6) is 0 Å². The van der Waals surface area contributed by atoms with Crippen molar-refractivity contribution < 1.29 is 14.3 Å². The Morgan fingerprint density at radius 2 is 1.85 bits per heavy atom. The quantitative estimate of drug-likeness (QED) is 0.336. The molecule has 34 heavy (non-hydrogen) atoms. The fraction of sp³-hybridized carbons (Fsp3) is 0.154. The molecule has 0 aliphatic heterocycles. The van der Waals surface area contributed by atoms with E-state index in [1.807, 2.05) is 48.5 Å². The van der Waals surface area contributed by atoms with E-state index in [4.69, 9.17) is 4.74 Å². The highest BCUT2D eigenvalue weighted by Crippen LogP contribution is 2.31. The SMILES string of the molecule is CCn1c2ccccc2c2cc(NC(=O)COC(=O)Cc3csc(-c4ccccn4)n3)ccc21. The van der Waals surface area contributed by atoms with Gasteiger partial charge in [-0.1, -0.05) is 24.3 Å². The van der Waals surface area contributed by atoms with Gasteiger partial charge in [0.25, 0.3) is 5.91 Å². The van der Waals surface area contributed by atoms with Gasteiger partial charge >= 0.3 is 5.97 Å². The largest absolute Gasteiger partial charge is 0.455 e. The minimum atomic E-state index is -0.505. The van der Waals surface area contributed by atoms with Crippen LogP contribution in [0.3, 0.4) is 0 Å². The Balaban J connectivity index is 1.20. The summed E-state index contributed by atoms with van der Waals surface area (Å²) in [6.45, 7) is 2.61. The third-order valence-corrected chi connectivity index (χ3v) is 6.41. The van der Waals surface area contributed by atoms with E-state index in [0.29, 0.717) is 11.4 Å². The van der Waals surface area contributed by atoms with Crippen LogP contribution in [0.4, 0.5) is 5.69 Å². The number of nitrogens with one attached hydrogen (secondary N) is 1. The zero-order valence-corrected chi connectivity index (χ0v) is 19.3. The Hall–Kier alpha value is -4.04. The second-order valence-electron chi connectivity index (χ2n) is 7.74. The van der Waals surface area contributed by atoms with Crippen molar-refractivity contribution in [3.05, 3.63) is 77.9 Å². The molecule has 0 saturated carbocycles. The summed E-state index contributed by atoms with van der Waals surface area (Å²) in [7, 11) is 0. The lowest BCUT2D eigenvalue weighted by Crippen LogP contribution is -2.21. The number of nitrogens with zero attached hydrogens (tertiary/aromatic N) is 3. The van der Waals surface area contributed by atoms with Gasteiger partial charge in [-0.25, -0.2) is 4.98 Å². The number of para-hydroxylation sites is 1. The van der Waals surface area contributed by atoms with Crippen molar-refractivity contribution in [2.75, 3.05) is 11.9 Å². The fourth-order valence-electron chi connectivity index (χ4n) is 4.01. The number of ether oxygens (including phenoxy) is 1. The minimum Gasteiger partial charge on any atom is -0.455 e. The van der Waals surface area contributed by atoms with Crippen molar-refractivity contribution in [3.8, 4) is 10.7 Å². The van der Waals surface area contributed by atoms with Crippen LogP contribution in [-0.4, -0.2) is 33.0 Å². The number of esters is 1. The topological polar surface area (TPSA) is 86.1 Å². The van der Waals surface area contributed by atoms with E-state index in [1.165, 1.54) is 11.3 Å². The standard InChI is InChI=1S/C26H22N4O3S/c1-2-30-22-9-4-3-7-19(22)20-13-17(10-11-23(20)30)28-24(31)15-33-25(32)14-18-16-34-26(29-18)21-8-5-6-12-27-21/h3-13,16H,2,14-15H2,1H3,(H,28,31). The summed E-state index contributed by atoms with van der Waals surface area (Å²) in [6, 6.07) is 19.6. The van der Waals surface area contributed by atoms with Gasteiger partial charge in [0, 0.05) is 45.6 Å². The number of fused-ring (bicyclic) bond motifs is 3. The van der Waals surface area contributed by atoms with Gasteiger partial charge in [0.15, 0.2) is 6.61 Å². The zero-order valence-electron chi connectivity index (χ0n) is 18.5. The van der Waals surface area contributed by atoms with Gasteiger partial charge in [-0.2, -0.15) is 0 Å². The molecule has 0 fully saturated rings. The van der Waals surface area contributed by atoms with Gasteiger partial charge in [0.1, 0.15) is 5.01 Å². The van der Waals surface area contributed by atoms with Gasteiger partial charge in [-0.05, 0) is 43.3 Å². The number of rotatable bonds is 7. The van der Waals surface area contributed by atoms with E-state index in [2.05, 4.69) is 38.9 Å². The summed E-state index contributed by atoms with van der Waals surface area (Å²) in [5.41, 5.74) is 4.28. The molecule has 7 nitrogen and oxygen atoms in total. The molecule has 5 rings (SSSR count). The van der Waals surface area contributed by atoms with Gasteiger partial charge in [0.2, 0.25) is 0 Å². The average molecular weight is 471 g/mol. The van der Waals surface area contributed by atoms with Crippen LogP contribution in [0.15, 0.2) is 72.2 Å². The Morgan fingerprint density at radius 1 is 1.03 bits per heavy atom. The van der Waals surface area contributed by atoms with Gasteiger partial charge in [-0.3, -0.25) is 14.6 Å². The fourth-order valence-corrected chi connectivity index (χ4v) is 4.80. The molecule has 0 aliphatic rings. The number of hydrogen-bond donors (Lipinski definition) is 1. The molecule has 8 heteroatoms. The molecular formula is C26H22N4O3S.